The predicted molar refractivity (Wildman–Crippen MR) is 107 cm³/mol. The van der Waals surface area contributed by atoms with Crippen LogP contribution in [-0.4, -0.2) is 11.9 Å². The number of rotatable bonds is 6. The predicted octanol–water partition coefficient (Wildman–Crippen LogP) is 5.19. The van der Waals surface area contributed by atoms with Crippen LogP contribution < -0.4 is 10.6 Å². The molecule has 5 heteroatoms. The lowest BCUT2D eigenvalue weighted by molar-refractivity contribution is -0.117. The summed E-state index contributed by atoms with van der Waals surface area (Å²) in [6.07, 6.45) is 0. The molecule has 0 unspecified atom stereocenters. The Balaban J connectivity index is 1.78. The fourth-order valence-electron chi connectivity index (χ4n) is 2.83. The maximum atomic E-state index is 13.2. The maximum absolute atomic E-state index is 13.2. The van der Waals surface area contributed by atoms with Gasteiger partial charge in [-0.15, -0.1) is 0 Å². The van der Waals surface area contributed by atoms with Gasteiger partial charge in [-0.3, -0.25) is 10.1 Å². The molecular formula is C22H20ClFN2O. The average molecular weight is 383 g/mol. The van der Waals surface area contributed by atoms with E-state index >= 15 is 0 Å². The number of anilines is 1. The van der Waals surface area contributed by atoms with Gasteiger partial charge in [0.2, 0.25) is 5.91 Å². The van der Waals surface area contributed by atoms with E-state index in [1.807, 2.05) is 60.7 Å². The lowest BCUT2D eigenvalue weighted by Gasteiger charge is -2.24. The first-order chi connectivity index (χ1) is 13.0. The summed E-state index contributed by atoms with van der Waals surface area (Å²) >= 11 is 6.00. The smallest absolute Gasteiger partial charge is 0.241 e. The zero-order valence-electron chi connectivity index (χ0n) is 14.8. The van der Waals surface area contributed by atoms with Crippen molar-refractivity contribution in [1.82, 2.24) is 5.32 Å². The van der Waals surface area contributed by atoms with Gasteiger partial charge in [-0.25, -0.2) is 4.39 Å². The van der Waals surface area contributed by atoms with Gasteiger partial charge in [0.25, 0.3) is 0 Å². The van der Waals surface area contributed by atoms with Gasteiger partial charge in [0.15, 0.2) is 0 Å². The molecule has 0 saturated carbocycles. The summed E-state index contributed by atoms with van der Waals surface area (Å²) in [7, 11) is 0. The Morgan fingerprint density at radius 3 is 2.00 bits per heavy atom. The summed E-state index contributed by atoms with van der Waals surface area (Å²) in [5, 5.41) is 6.28. The van der Waals surface area contributed by atoms with Crippen LogP contribution in [0.3, 0.4) is 0 Å². The van der Waals surface area contributed by atoms with Crippen LogP contribution in [0.15, 0.2) is 78.9 Å². The van der Waals surface area contributed by atoms with Crippen LogP contribution in [0.2, 0.25) is 5.02 Å². The topological polar surface area (TPSA) is 41.1 Å². The average Bonchev–Trinajstić information content (AvgIpc) is 2.69. The van der Waals surface area contributed by atoms with Crippen molar-refractivity contribution in [2.45, 2.75) is 19.0 Å². The minimum Gasteiger partial charge on any atom is -0.323 e. The van der Waals surface area contributed by atoms with E-state index < -0.39 is 11.9 Å². The molecule has 0 saturated heterocycles. The van der Waals surface area contributed by atoms with Crippen LogP contribution in [-0.2, 0) is 4.79 Å². The fourth-order valence-corrected chi connectivity index (χ4v) is 3.05. The molecule has 0 fully saturated rings. The molecule has 0 heterocycles. The van der Waals surface area contributed by atoms with Crippen molar-refractivity contribution < 1.29 is 9.18 Å². The number of hydrogen-bond acceptors (Lipinski definition) is 2. The Labute approximate surface area is 163 Å². The lowest BCUT2D eigenvalue weighted by Crippen LogP contribution is -2.40. The third-order valence-electron chi connectivity index (χ3n) is 4.26. The molecule has 1 atom stereocenters. The Kier molecular flexibility index (Phi) is 6.22. The number of halogens is 2. The number of carbonyl (C=O) groups is 1. The molecule has 1 amide bonds. The highest BCUT2D eigenvalue weighted by Crippen LogP contribution is 2.24. The molecule has 3 rings (SSSR count). The van der Waals surface area contributed by atoms with Crippen molar-refractivity contribution in [1.29, 1.82) is 0 Å². The summed E-state index contributed by atoms with van der Waals surface area (Å²) in [4.78, 5) is 12.6. The quantitative estimate of drug-likeness (QED) is 0.616. The highest BCUT2D eigenvalue weighted by Gasteiger charge is 2.21. The number of benzene rings is 3. The zero-order chi connectivity index (χ0) is 19.2. The zero-order valence-corrected chi connectivity index (χ0v) is 15.6. The van der Waals surface area contributed by atoms with E-state index in [1.165, 1.54) is 18.2 Å². The maximum Gasteiger partial charge on any atom is 0.241 e. The standard InChI is InChI=1S/C22H20ClFN2O/c1-15(22(27)26-20-13-12-18(24)14-19(20)23)25-21(16-8-4-2-5-9-16)17-10-6-3-7-11-17/h2-15,21,25H,1H3,(H,26,27)/t15-/m0/s1. The van der Waals surface area contributed by atoms with Crippen molar-refractivity contribution in [2.75, 3.05) is 5.32 Å². The van der Waals surface area contributed by atoms with Crippen LogP contribution >= 0.6 is 11.6 Å². The SMILES string of the molecule is C[C@H](NC(c1ccccc1)c1ccccc1)C(=O)Nc1ccc(F)cc1Cl. The van der Waals surface area contributed by atoms with E-state index in [-0.39, 0.29) is 17.0 Å². The van der Waals surface area contributed by atoms with Gasteiger partial charge in [0.1, 0.15) is 5.82 Å². The van der Waals surface area contributed by atoms with Gasteiger partial charge >= 0.3 is 0 Å². The van der Waals surface area contributed by atoms with Crippen LogP contribution in [0.4, 0.5) is 10.1 Å². The van der Waals surface area contributed by atoms with Crippen LogP contribution in [0, 0.1) is 5.82 Å². The third-order valence-corrected chi connectivity index (χ3v) is 4.58. The minimum atomic E-state index is -0.503. The van der Waals surface area contributed by atoms with Crippen molar-refractivity contribution in [3.05, 3.63) is 101 Å². The van der Waals surface area contributed by atoms with Crippen LogP contribution in [0.1, 0.15) is 24.1 Å². The number of amides is 1. The van der Waals surface area contributed by atoms with Crippen molar-refractivity contribution >= 4 is 23.2 Å². The van der Waals surface area contributed by atoms with Gasteiger partial charge in [-0.2, -0.15) is 0 Å². The molecule has 27 heavy (non-hydrogen) atoms. The first-order valence-electron chi connectivity index (χ1n) is 8.66. The van der Waals surface area contributed by atoms with Gasteiger partial charge < -0.3 is 5.32 Å². The molecule has 0 radical (unpaired) electrons. The largest absolute Gasteiger partial charge is 0.323 e. The molecule has 0 aromatic heterocycles. The Morgan fingerprint density at radius 2 is 1.48 bits per heavy atom. The lowest BCUT2D eigenvalue weighted by atomic mass is 9.98. The van der Waals surface area contributed by atoms with E-state index in [9.17, 15) is 9.18 Å². The Hall–Kier alpha value is -2.69. The molecule has 0 aliphatic carbocycles. The van der Waals surface area contributed by atoms with Crippen molar-refractivity contribution in [2.24, 2.45) is 0 Å². The van der Waals surface area contributed by atoms with E-state index in [0.29, 0.717) is 5.69 Å². The molecule has 3 nitrogen and oxygen atoms in total. The number of hydrogen-bond donors (Lipinski definition) is 2. The molecule has 3 aromatic carbocycles. The van der Waals surface area contributed by atoms with Crippen molar-refractivity contribution in [3.8, 4) is 0 Å². The third kappa shape index (κ3) is 4.94. The highest BCUT2D eigenvalue weighted by atomic mass is 35.5. The summed E-state index contributed by atoms with van der Waals surface area (Å²) in [6, 6.07) is 23.1. The monoisotopic (exact) mass is 382 g/mol. The fraction of sp³-hybridized carbons (Fsp3) is 0.136. The molecule has 0 spiro atoms. The Bertz CT molecular complexity index is 863. The normalized spacial score (nSPS) is 12.0. The van der Waals surface area contributed by atoms with E-state index in [4.69, 9.17) is 11.6 Å². The van der Waals surface area contributed by atoms with Crippen molar-refractivity contribution in [3.63, 3.8) is 0 Å². The summed E-state index contributed by atoms with van der Waals surface area (Å²) in [5.74, 6) is -0.697. The van der Waals surface area contributed by atoms with Crippen LogP contribution in [0.5, 0.6) is 0 Å². The van der Waals surface area contributed by atoms with Gasteiger partial charge in [-0.05, 0) is 36.2 Å². The van der Waals surface area contributed by atoms with Gasteiger partial charge in [-0.1, -0.05) is 72.3 Å². The number of nitrogens with one attached hydrogen (secondary N) is 2. The second-order valence-corrected chi connectivity index (χ2v) is 6.66. The van der Waals surface area contributed by atoms with Gasteiger partial charge in [0.05, 0.1) is 22.8 Å². The molecule has 2 N–H and O–H groups in total. The number of carbonyl (C=O) groups excluding carboxylic acids is 1. The van der Waals surface area contributed by atoms with E-state index in [0.717, 1.165) is 11.1 Å². The van der Waals surface area contributed by atoms with E-state index in [1.54, 1.807) is 6.92 Å². The second-order valence-electron chi connectivity index (χ2n) is 6.26. The molecule has 0 aliphatic heterocycles. The van der Waals surface area contributed by atoms with Gasteiger partial charge in [0, 0.05) is 0 Å². The van der Waals surface area contributed by atoms with E-state index in [2.05, 4.69) is 10.6 Å². The first-order valence-corrected chi connectivity index (χ1v) is 9.04. The second kappa shape index (κ2) is 8.80. The van der Waals surface area contributed by atoms with Crippen LogP contribution in [0.25, 0.3) is 0 Å². The Morgan fingerprint density at radius 1 is 0.926 bits per heavy atom. The molecular weight excluding hydrogens is 363 g/mol. The minimum absolute atomic E-state index is 0.142. The summed E-state index contributed by atoms with van der Waals surface area (Å²) < 4.78 is 13.2. The first kappa shape index (κ1) is 19.1. The molecule has 0 aliphatic rings. The molecule has 3 aromatic rings. The molecule has 138 valence electrons. The summed E-state index contributed by atoms with van der Waals surface area (Å²) in [5.41, 5.74) is 2.50. The summed E-state index contributed by atoms with van der Waals surface area (Å²) in [6.45, 7) is 1.78. The highest BCUT2D eigenvalue weighted by molar-refractivity contribution is 6.33. The molecule has 0 bridgehead atoms.